The van der Waals surface area contributed by atoms with E-state index in [0.717, 1.165) is 21.9 Å². The van der Waals surface area contributed by atoms with E-state index >= 15 is 0 Å². The Balaban J connectivity index is 1.89. The summed E-state index contributed by atoms with van der Waals surface area (Å²) in [4.78, 5) is 25.5. The van der Waals surface area contributed by atoms with Gasteiger partial charge in [-0.05, 0) is 17.7 Å². The van der Waals surface area contributed by atoms with Gasteiger partial charge in [0, 0.05) is 29.2 Å². The quantitative estimate of drug-likeness (QED) is 0.641. The number of rotatable bonds is 3. The number of benzene rings is 2. The standard InChI is InChI=1S/C16H14N2O3S/c19-16-9-10-22-15-4-2-1-3-14(15)17(16)11-12-5-7-13(8-6-12)18(20)21/h1-8H,9-11H2. The third kappa shape index (κ3) is 2.96. The number of carbonyl (C=O) groups is 1. The minimum atomic E-state index is -0.424. The van der Waals surface area contributed by atoms with Gasteiger partial charge in [-0.1, -0.05) is 24.3 Å². The van der Waals surface area contributed by atoms with Crippen molar-refractivity contribution in [1.29, 1.82) is 0 Å². The molecule has 5 nitrogen and oxygen atoms in total. The molecule has 0 radical (unpaired) electrons. The first-order valence-electron chi connectivity index (χ1n) is 6.90. The zero-order valence-corrected chi connectivity index (χ0v) is 12.6. The van der Waals surface area contributed by atoms with Gasteiger partial charge in [-0.2, -0.15) is 0 Å². The minimum absolute atomic E-state index is 0.0573. The number of nitro benzene ring substituents is 1. The SMILES string of the molecule is O=C1CCSc2ccccc2N1Cc1ccc([N+](=O)[O-])cc1. The molecule has 0 N–H and O–H groups in total. The van der Waals surface area contributed by atoms with Crippen LogP contribution in [0, 0.1) is 10.1 Å². The fraction of sp³-hybridized carbons (Fsp3) is 0.188. The average Bonchev–Trinajstić information content (AvgIpc) is 2.68. The number of nitrogens with zero attached hydrogens (tertiary/aromatic N) is 2. The Labute approximate surface area is 132 Å². The Morgan fingerprint density at radius 1 is 1.14 bits per heavy atom. The molecule has 0 atom stereocenters. The Kier molecular flexibility index (Phi) is 4.11. The van der Waals surface area contributed by atoms with Crippen LogP contribution in [0.2, 0.25) is 0 Å². The van der Waals surface area contributed by atoms with E-state index in [0.29, 0.717) is 13.0 Å². The van der Waals surface area contributed by atoms with Crippen molar-refractivity contribution in [2.75, 3.05) is 10.7 Å². The smallest absolute Gasteiger partial charge is 0.269 e. The minimum Gasteiger partial charge on any atom is -0.307 e. The maximum Gasteiger partial charge on any atom is 0.269 e. The highest BCUT2D eigenvalue weighted by Crippen LogP contribution is 2.34. The van der Waals surface area contributed by atoms with Crippen LogP contribution in [0.25, 0.3) is 0 Å². The summed E-state index contributed by atoms with van der Waals surface area (Å²) >= 11 is 1.68. The van der Waals surface area contributed by atoms with Gasteiger partial charge in [0.2, 0.25) is 5.91 Å². The number of carbonyl (C=O) groups excluding carboxylic acids is 1. The van der Waals surface area contributed by atoms with Crippen molar-refractivity contribution in [2.45, 2.75) is 17.9 Å². The number of hydrogen-bond acceptors (Lipinski definition) is 4. The van der Waals surface area contributed by atoms with E-state index in [2.05, 4.69) is 0 Å². The fourth-order valence-electron chi connectivity index (χ4n) is 2.40. The van der Waals surface area contributed by atoms with E-state index < -0.39 is 4.92 Å². The molecule has 3 rings (SSSR count). The highest BCUT2D eigenvalue weighted by Gasteiger charge is 2.22. The molecule has 2 aromatic carbocycles. The van der Waals surface area contributed by atoms with Crippen LogP contribution in [-0.4, -0.2) is 16.6 Å². The van der Waals surface area contributed by atoms with Crippen molar-refractivity contribution in [3.8, 4) is 0 Å². The molecule has 22 heavy (non-hydrogen) atoms. The van der Waals surface area contributed by atoms with Crippen molar-refractivity contribution in [3.05, 3.63) is 64.2 Å². The van der Waals surface area contributed by atoms with Gasteiger partial charge in [-0.3, -0.25) is 14.9 Å². The van der Waals surface area contributed by atoms with Crippen molar-refractivity contribution >= 4 is 29.0 Å². The van der Waals surface area contributed by atoms with Crippen molar-refractivity contribution in [2.24, 2.45) is 0 Å². The number of fused-ring (bicyclic) bond motifs is 1. The number of thioether (sulfide) groups is 1. The van der Waals surface area contributed by atoms with Gasteiger partial charge in [0.1, 0.15) is 0 Å². The van der Waals surface area contributed by atoms with E-state index in [9.17, 15) is 14.9 Å². The molecule has 1 aliphatic rings. The van der Waals surface area contributed by atoms with Crippen LogP contribution in [-0.2, 0) is 11.3 Å². The first kappa shape index (κ1) is 14.6. The molecule has 0 bridgehead atoms. The monoisotopic (exact) mass is 314 g/mol. The summed E-state index contributed by atoms with van der Waals surface area (Å²) in [5, 5.41) is 10.7. The summed E-state index contributed by atoms with van der Waals surface area (Å²) in [7, 11) is 0. The average molecular weight is 314 g/mol. The Bertz CT molecular complexity index is 716. The molecule has 112 valence electrons. The first-order chi connectivity index (χ1) is 10.6. The molecule has 6 heteroatoms. The molecule has 0 spiro atoms. The van der Waals surface area contributed by atoms with Gasteiger partial charge in [0.25, 0.3) is 5.69 Å². The largest absolute Gasteiger partial charge is 0.307 e. The van der Waals surface area contributed by atoms with Gasteiger partial charge in [0.05, 0.1) is 17.2 Å². The van der Waals surface area contributed by atoms with Gasteiger partial charge in [-0.15, -0.1) is 11.8 Å². The fourth-order valence-corrected chi connectivity index (χ4v) is 3.40. The second-order valence-corrected chi connectivity index (χ2v) is 6.11. The number of non-ortho nitro benzene ring substituents is 1. The Hall–Kier alpha value is -2.34. The number of anilines is 1. The first-order valence-corrected chi connectivity index (χ1v) is 7.89. The van der Waals surface area contributed by atoms with Gasteiger partial charge < -0.3 is 4.90 Å². The summed E-state index contributed by atoms with van der Waals surface area (Å²) < 4.78 is 0. The Morgan fingerprint density at radius 3 is 2.59 bits per heavy atom. The summed E-state index contributed by atoms with van der Waals surface area (Å²) in [5.41, 5.74) is 1.84. The molecule has 1 heterocycles. The maximum atomic E-state index is 12.4. The highest BCUT2D eigenvalue weighted by atomic mass is 32.2. The molecule has 2 aromatic rings. The van der Waals surface area contributed by atoms with Gasteiger partial charge in [0.15, 0.2) is 0 Å². The van der Waals surface area contributed by atoms with Crippen LogP contribution in [0.4, 0.5) is 11.4 Å². The van der Waals surface area contributed by atoms with Crippen LogP contribution < -0.4 is 4.90 Å². The van der Waals surface area contributed by atoms with Crippen molar-refractivity contribution in [3.63, 3.8) is 0 Å². The molecular formula is C16H14N2O3S. The van der Waals surface area contributed by atoms with E-state index in [1.165, 1.54) is 12.1 Å². The topological polar surface area (TPSA) is 63.5 Å². The third-order valence-electron chi connectivity index (χ3n) is 3.52. The zero-order chi connectivity index (χ0) is 15.5. The van der Waals surface area contributed by atoms with Crippen LogP contribution in [0.15, 0.2) is 53.4 Å². The lowest BCUT2D eigenvalue weighted by Gasteiger charge is -2.22. The Morgan fingerprint density at radius 2 is 1.86 bits per heavy atom. The molecule has 0 aromatic heterocycles. The normalized spacial score (nSPS) is 14.4. The van der Waals surface area contributed by atoms with E-state index in [1.807, 2.05) is 24.3 Å². The maximum absolute atomic E-state index is 12.4. The van der Waals surface area contributed by atoms with E-state index in [1.54, 1.807) is 28.8 Å². The number of hydrogen-bond donors (Lipinski definition) is 0. The lowest BCUT2D eigenvalue weighted by atomic mass is 10.1. The van der Waals surface area contributed by atoms with Crippen molar-refractivity contribution < 1.29 is 9.72 Å². The van der Waals surface area contributed by atoms with E-state index in [-0.39, 0.29) is 11.6 Å². The van der Waals surface area contributed by atoms with Crippen LogP contribution >= 0.6 is 11.8 Å². The van der Waals surface area contributed by atoms with Gasteiger partial charge >= 0.3 is 0 Å². The van der Waals surface area contributed by atoms with Crippen LogP contribution in [0.5, 0.6) is 0 Å². The summed E-state index contributed by atoms with van der Waals surface area (Å²) in [6.07, 6.45) is 0.492. The number of nitro groups is 1. The van der Waals surface area contributed by atoms with Crippen LogP contribution in [0.1, 0.15) is 12.0 Å². The van der Waals surface area contributed by atoms with Gasteiger partial charge in [-0.25, -0.2) is 0 Å². The summed E-state index contributed by atoms with van der Waals surface area (Å²) in [5.74, 6) is 0.850. The second kappa shape index (κ2) is 6.19. The predicted molar refractivity (Wildman–Crippen MR) is 86.1 cm³/mol. The second-order valence-electron chi connectivity index (χ2n) is 4.97. The molecule has 1 amide bonds. The molecular weight excluding hydrogens is 300 g/mol. The zero-order valence-electron chi connectivity index (χ0n) is 11.8. The molecule has 0 fully saturated rings. The number of amides is 1. The van der Waals surface area contributed by atoms with Crippen molar-refractivity contribution in [1.82, 2.24) is 0 Å². The summed E-state index contributed by atoms with van der Waals surface area (Å²) in [6, 6.07) is 14.2. The van der Waals surface area contributed by atoms with E-state index in [4.69, 9.17) is 0 Å². The number of para-hydroxylation sites is 1. The third-order valence-corrected chi connectivity index (χ3v) is 4.58. The molecule has 0 unspecified atom stereocenters. The molecule has 0 saturated heterocycles. The summed E-state index contributed by atoms with van der Waals surface area (Å²) in [6.45, 7) is 0.425. The molecule has 0 saturated carbocycles. The molecule has 1 aliphatic heterocycles. The molecule has 0 aliphatic carbocycles. The predicted octanol–water partition coefficient (Wildman–Crippen LogP) is 3.62. The highest BCUT2D eigenvalue weighted by molar-refractivity contribution is 7.99. The lowest BCUT2D eigenvalue weighted by molar-refractivity contribution is -0.384. The van der Waals surface area contributed by atoms with Crippen LogP contribution in [0.3, 0.4) is 0 Å². The lowest BCUT2D eigenvalue weighted by Crippen LogP contribution is -2.29.